The normalized spacial score (nSPS) is 11.3. The molecule has 7 heteroatoms. The minimum atomic E-state index is -2.70. The molecular formula is C8H10FNO4P+. The average Bonchev–Trinajstić information content (AvgIpc) is 2.19. The standard InChI is InChI=1S/C8H9FNO4P/c1-13-7-3-5(4-14-15(11)12)2-6(9)8(7)10/h2-3H,4,10H2,1H3/p+1. The van der Waals surface area contributed by atoms with Crippen LogP contribution in [0.4, 0.5) is 10.1 Å². The zero-order valence-electron chi connectivity index (χ0n) is 7.94. The van der Waals surface area contributed by atoms with Crippen molar-refractivity contribution in [1.82, 2.24) is 0 Å². The molecule has 3 N–H and O–H groups in total. The van der Waals surface area contributed by atoms with Crippen molar-refractivity contribution in [3.8, 4) is 5.75 Å². The molecule has 0 saturated heterocycles. The first-order valence-corrected chi connectivity index (χ1v) is 5.08. The van der Waals surface area contributed by atoms with E-state index in [0.717, 1.165) is 6.07 Å². The molecule has 0 aromatic heterocycles. The number of halogens is 1. The van der Waals surface area contributed by atoms with Crippen molar-refractivity contribution < 1.29 is 23.1 Å². The number of anilines is 1. The molecule has 0 aliphatic heterocycles. The van der Waals surface area contributed by atoms with Crippen LogP contribution >= 0.6 is 8.25 Å². The van der Waals surface area contributed by atoms with Gasteiger partial charge in [0.2, 0.25) is 0 Å². The minimum Gasteiger partial charge on any atom is -0.494 e. The number of benzene rings is 1. The van der Waals surface area contributed by atoms with Gasteiger partial charge in [-0.1, -0.05) is 0 Å². The monoisotopic (exact) mass is 234 g/mol. The van der Waals surface area contributed by atoms with Gasteiger partial charge in [0, 0.05) is 4.57 Å². The fourth-order valence-corrected chi connectivity index (χ4v) is 1.29. The molecule has 1 rings (SSSR count). The van der Waals surface area contributed by atoms with E-state index < -0.39 is 14.1 Å². The predicted octanol–water partition coefficient (Wildman–Crippen LogP) is 1.58. The number of rotatable bonds is 4. The lowest BCUT2D eigenvalue weighted by molar-refractivity contribution is 0.271. The second kappa shape index (κ2) is 5.02. The largest absolute Gasteiger partial charge is 0.695 e. The smallest absolute Gasteiger partial charge is 0.494 e. The highest BCUT2D eigenvalue weighted by atomic mass is 31.1. The van der Waals surface area contributed by atoms with E-state index in [1.807, 2.05) is 0 Å². The Bertz CT molecular complexity index is 385. The van der Waals surface area contributed by atoms with E-state index in [4.69, 9.17) is 15.4 Å². The van der Waals surface area contributed by atoms with Gasteiger partial charge in [0.1, 0.15) is 23.9 Å². The number of nitrogen functional groups attached to an aromatic ring is 1. The first-order chi connectivity index (χ1) is 7.04. The molecule has 82 valence electrons. The van der Waals surface area contributed by atoms with Crippen LogP contribution < -0.4 is 10.5 Å². The Hall–Kier alpha value is -1.23. The third-order valence-electron chi connectivity index (χ3n) is 1.71. The lowest BCUT2D eigenvalue weighted by atomic mass is 10.2. The molecule has 0 spiro atoms. The second-order valence-corrected chi connectivity index (χ2v) is 3.44. The summed E-state index contributed by atoms with van der Waals surface area (Å²) in [6.45, 7) is -0.181. The molecule has 0 aliphatic carbocycles. The van der Waals surface area contributed by atoms with Crippen LogP contribution in [0.5, 0.6) is 5.75 Å². The van der Waals surface area contributed by atoms with E-state index in [-0.39, 0.29) is 18.0 Å². The van der Waals surface area contributed by atoms with Gasteiger partial charge in [-0.3, -0.25) is 0 Å². The molecule has 0 amide bonds. The van der Waals surface area contributed by atoms with Gasteiger partial charge in [0.15, 0.2) is 0 Å². The third-order valence-corrected chi connectivity index (χ3v) is 2.06. The van der Waals surface area contributed by atoms with E-state index in [1.165, 1.54) is 13.2 Å². The molecule has 0 saturated carbocycles. The SMILES string of the molecule is COc1cc(CO[P+](=O)O)cc(F)c1N. The highest BCUT2D eigenvalue weighted by molar-refractivity contribution is 7.32. The second-order valence-electron chi connectivity index (χ2n) is 2.70. The zero-order valence-corrected chi connectivity index (χ0v) is 8.83. The predicted molar refractivity (Wildman–Crippen MR) is 52.0 cm³/mol. The summed E-state index contributed by atoms with van der Waals surface area (Å²) < 4.78 is 32.7. The van der Waals surface area contributed by atoms with Gasteiger partial charge in [-0.05, 0) is 17.7 Å². The number of nitrogens with two attached hydrogens (primary N) is 1. The molecule has 1 aromatic carbocycles. The van der Waals surface area contributed by atoms with Crippen LogP contribution in [0.1, 0.15) is 5.56 Å². The van der Waals surface area contributed by atoms with Gasteiger partial charge in [-0.15, -0.1) is 9.42 Å². The molecule has 1 atom stereocenters. The molecule has 0 radical (unpaired) electrons. The van der Waals surface area contributed by atoms with Gasteiger partial charge < -0.3 is 10.5 Å². The number of methoxy groups -OCH3 is 1. The van der Waals surface area contributed by atoms with Crippen molar-refractivity contribution in [1.29, 1.82) is 0 Å². The van der Waals surface area contributed by atoms with Crippen LogP contribution in [0.2, 0.25) is 0 Å². The molecule has 1 aromatic rings. The van der Waals surface area contributed by atoms with Gasteiger partial charge in [0.05, 0.1) is 7.11 Å². The highest BCUT2D eigenvalue weighted by Gasteiger charge is 2.14. The lowest BCUT2D eigenvalue weighted by Gasteiger charge is -2.06. The molecule has 0 bridgehead atoms. The summed E-state index contributed by atoms with van der Waals surface area (Å²) in [6, 6.07) is 2.56. The van der Waals surface area contributed by atoms with E-state index in [9.17, 15) is 8.96 Å². The quantitative estimate of drug-likeness (QED) is 0.610. The van der Waals surface area contributed by atoms with Crippen molar-refractivity contribution in [3.63, 3.8) is 0 Å². The summed E-state index contributed by atoms with van der Waals surface area (Å²) in [4.78, 5) is 8.40. The highest BCUT2D eigenvalue weighted by Crippen LogP contribution is 2.27. The maximum Gasteiger partial charge on any atom is 0.695 e. The van der Waals surface area contributed by atoms with E-state index in [2.05, 4.69) is 4.52 Å². The summed E-state index contributed by atoms with van der Waals surface area (Å²) in [5.41, 5.74) is 5.64. The van der Waals surface area contributed by atoms with E-state index in [0.29, 0.717) is 5.56 Å². The minimum absolute atomic E-state index is 0.102. The third kappa shape index (κ3) is 3.13. The van der Waals surface area contributed by atoms with Crippen molar-refractivity contribution in [2.75, 3.05) is 12.8 Å². The van der Waals surface area contributed by atoms with Crippen molar-refractivity contribution in [3.05, 3.63) is 23.5 Å². The van der Waals surface area contributed by atoms with E-state index in [1.54, 1.807) is 0 Å². The van der Waals surface area contributed by atoms with E-state index >= 15 is 0 Å². The Morgan fingerprint density at radius 1 is 1.60 bits per heavy atom. The lowest BCUT2D eigenvalue weighted by Crippen LogP contribution is -1.98. The Morgan fingerprint density at radius 2 is 2.27 bits per heavy atom. The van der Waals surface area contributed by atoms with Crippen LogP contribution in [0.25, 0.3) is 0 Å². The van der Waals surface area contributed by atoms with Crippen molar-refractivity contribution >= 4 is 13.9 Å². The van der Waals surface area contributed by atoms with Crippen molar-refractivity contribution in [2.45, 2.75) is 6.61 Å². The number of hydrogen-bond acceptors (Lipinski definition) is 4. The maximum atomic E-state index is 13.2. The van der Waals surface area contributed by atoms with Crippen LogP contribution in [-0.4, -0.2) is 12.0 Å². The molecule has 1 unspecified atom stereocenters. The molecule has 0 aliphatic rings. The fourth-order valence-electron chi connectivity index (χ4n) is 1.03. The molecule has 5 nitrogen and oxygen atoms in total. The summed E-state index contributed by atoms with van der Waals surface area (Å²) >= 11 is 0. The Balaban J connectivity index is 2.90. The van der Waals surface area contributed by atoms with Gasteiger partial charge in [-0.25, -0.2) is 4.39 Å². The van der Waals surface area contributed by atoms with Crippen LogP contribution in [0.3, 0.4) is 0 Å². The van der Waals surface area contributed by atoms with Crippen molar-refractivity contribution in [2.24, 2.45) is 0 Å². The molecule has 0 heterocycles. The Morgan fingerprint density at radius 3 is 2.80 bits per heavy atom. The van der Waals surface area contributed by atoms with Crippen LogP contribution in [-0.2, 0) is 15.7 Å². The summed E-state index contributed by atoms with van der Waals surface area (Å²) in [5.74, 6) is -0.483. The van der Waals surface area contributed by atoms with Crippen LogP contribution in [0, 0.1) is 5.82 Å². The van der Waals surface area contributed by atoms with Gasteiger partial charge >= 0.3 is 8.25 Å². The van der Waals surface area contributed by atoms with Crippen LogP contribution in [0.15, 0.2) is 12.1 Å². The van der Waals surface area contributed by atoms with Gasteiger partial charge in [-0.2, -0.15) is 0 Å². The number of hydrogen-bond donors (Lipinski definition) is 2. The molecule has 0 fully saturated rings. The summed E-state index contributed by atoms with van der Waals surface area (Å²) in [5, 5.41) is 0. The average molecular weight is 234 g/mol. The molecular weight excluding hydrogens is 224 g/mol. The number of ether oxygens (including phenoxy) is 1. The topological polar surface area (TPSA) is 81.8 Å². The first-order valence-electron chi connectivity index (χ1n) is 3.95. The Kier molecular flexibility index (Phi) is 3.96. The fraction of sp³-hybridized carbons (Fsp3) is 0.250. The Labute approximate surface area is 86.6 Å². The maximum absolute atomic E-state index is 13.2. The zero-order chi connectivity index (χ0) is 11.4. The molecule has 15 heavy (non-hydrogen) atoms. The summed E-state index contributed by atoms with van der Waals surface area (Å²) in [7, 11) is -1.35. The van der Waals surface area contributed by atoms with Gasteiger partial charge in [0.25, 0.3) is 0 Å². The first kappa shape index (κ1) is 11.8. The summed E-state index contributed by atoms with van der Waals surface area (Å²) in [6.07, 6.45) is 0.